The molecular formula is C9H15N3O. The number of nitrogens with zero attached hydrogens (tertiary/aromatic N) is 3. The highest BCUT2D eigenvalue weighted by atomic mass is 16.3. The summed E-state index contributed by atoms with van der Waals surface area (Å²) >= 11 is 0. The van der Waals surface area contributed by atoms with Crippen LogP contribution in [0.3, 0.4) is 0 Å². The van der Waals surface area contributed by atoms with Gasteiger partial charge in [-0.1, -0.05) is 6.42 Å². The molecule has 1 aliphatic carbocycles. The smallest absolute Gasteiger partial charge is 0.156 e. The molecule has 2 rings (SSSR count). The summed E-state index contributed by atoms with van der Waals surface area (Å²) in [6.07, 6.45) is 2.76. The van der Waals surface area contributed by atoms with Crippen molar-refractivity contribution < 1.29 is 5.11 Å². The van der Waals surface area contributed by atoms with Crippen LogP contribution in [-0.2, 0) is 7.05 Å². The molecule has 72 valence electrons. The van der Waals surface area contributed by atoms with Gasteiger partial charge in [-0.25, -0.2) is 4.98 Å². The van der Waals surface area contributed by atoms with Crippen LogP contribution in [0.2, 0.25) is 0 Å². The summed E-state index contributed by atoms with van der Waals surface area (Å²) in [6, 6.07) is 0. The largest absolute Gasteiger partial charge is 0.392 e. The lowest BCUT2D eigenvalue weighted by Crippen LogP contribution is -2.12. The monoisotopic (exact) mass is 181 g/mol. The molecular weight excluding hydrogens is 166 g/mol. The Morgan fingerprint density at radius 3 is 2.69 bits per heavy atom. The molecule has 0 spiro atoms. The topological polar surface area (TPSA) is 50.9 Å². The van der Waals surface area contributed by atoms with Crippen molar-refractivity contribution in [2.45, 2.75) is 38.2 Å². The van der Waals surface area contributed by atoms with Crippen molar-refractivity contribution in [1.29, 1.82) is 0 Å². The highest BCUT2D eigenvalue weighted by Crippen LogP contribution is 2.32. The van der Waals surface area contributed by atoms with Crippen LogP contribution >= 0.6 is 0 Å². The van der Waals surface area contributed by atoms with Crippen molar-refractivity contribution in [3.8, 4) is 0 Å². The minimum absolute atomic E-state index is 0.167. The zero-order valence-corrected chi connectivity index (χ0v) is 8.06. The Balaban J connectivity index is 2.24. The third kappa shape index (κ3) is 1.46. The van der Waals surface area contributed by atoms with E-state index >= 15 is 0 Å². The average Bonchev–Trinajstić information content (AvgIpc) is 2.60. The number of hydrogen-bond donors (Lipinski definition) is 1. The number of aliphatic hydroxyl groups is 1. The predicted octanol–water partition coefficient (Wildman–Crippen LogP) is 0.752. The molecule has 0 amide bonds. The quantitative estimate of drug-likeness (QED) is 0.695. The molecule has 0 aromatic carbocycles. The van der Waals surface area contributed by atoms with E-state index in [1.807, 2.05) is 14.0 Å². The molecule has 1 saturated carbocycles. The molecule has 1 heterocycles. The summed E-state index contributed by atoms with van der Waals surface area (Å²) in [6.45, 7) is 1.93. The van der Waals surface area contributed by atoms with Gasteiger partial charge in [0.05, 0.1) is 6.10 Å². The fourth-order valence-corrected chi connectivity index (χ4v) is 1.89. The first-order valence-electron chi connectivity index (χ1n) is 4.74. The van der Waals surface area contributed by atoms with E-state index < -0.39 is 0 Å². The van der Waals surface area contributed by atoms with Crippen molar-refractivity contribution in [3.63, 3.8) is 0 Å². The lowest BCUT2D eigenvalue weighted by molar-refractivity contribution is 0.160. The van der Waals surface area contributed by atoms with Crippen molar-refractivity contribution in [2.75, 3.05) is 0 Å². The van der Waals surface area contributed by atoms with Crippen LogP contribution in [0, 0.1) is 6.92 Å². The zero-order valence-electron chi connectivity index (χ0n) is 8.06. The molecule has 0 saturated heterocycles. The van der Waals surface area contributed by atoms with Crippen LogP contribution in [0.4, 0.5) is 0 Å². The van der Waals surface area contributed by atoms with Gasteiger partial charge in [0, 0.05) is 13.0 Å². The molecule has 0 radical (unpaired) electrons. The minimum atomic E-state index is -0.234. The highest BCUT2D eigenvalue weighted by Gasteiger charge is 2.29. The summed E-state index contributed by atoms with van der Waals surface area (Å²) in [7, 11) is 1.88. The molecule has 4 heteroatoms. The Morgan fingerprint density at radius 1 is 1.46 bits per heavy atom. The second-order valence-corrected chi connectivity index (χ2v) is 3.75. The molecule has 4 nitrogen and oxygen atoms in total. The lowest BCUT2D eigenvalue weighted by atomic mass is 10.1. The first-order valence-corrected chi connectivity index (χ1v) is 4.74. The SMILES string of the molecule is Cc1nc([C@@H]2CCC[C@H]2O)nn1C. The van der Waals surface area contributed by atoms with Crippen LogP contribution in [0.1, 0.15) is 36.8 Å². The second kappa shape index (κ2) is 3.10. The van der Waals surface area contributed by atoms with E-state index in [1.54, 1.807) is 4.68 Å². The fourth-order valence-electron chi connectivity index (χ4n) is 1.89. The molecule has 1 fully saturated rings. The van der Waals surface area contributed by atoms with Crippen LogP contribution in [0.25, 0.3) is 0 Å². The summed E-state index contributed by atoms with van der Waals surface area (Å²) in [4.78, 5) is 4.33. The number of aliphatic hydroxyl groups excluding tert-OH is 1. The molecule has 0 aliphatic heterocycles. The Hall–Kier alpha value is -0.900. The van der Waals surface area contributed by atoms with Crippen LogP contribution in [0.15, 0.2) is 0 Å². The summed E-state index contributed by atoms with van der Waals surface area (Å²) in [5, 5.41) is 13.9. The maximum atomic E-state index is 9.65. The van der Waals surface area contributed by atoms with Gasteiger partial charge in [0.15, 0.2) is 5.82 Å². The van der Waals surface area contributed by atoms with E-state index in [0.29, 0.717) is 0 Å². The minimum Gasteiger partial charge on any atom is -0.392 e. The maximum Gasteiger partial charge on any atom is 0.156 e. The number of aryl methyl sites for hydroxylation is 2. The first-order chi connectivity index (χ1) is 6.18. The van der Waals surface area contributed by atoms with Gasteiger partial charge in [-0.2, -0.15) is 5.10 Å². The van der Waals surface area contributed by atoms with Gasteiger partial charge in [0.1, 0.15) is 5.82 Å². The van der Waals surface area contributed by atoms with Gasteiger partial charge in [0.25, 0.3) is 0 Å². The Morgan fingerprint density at radius 2 is 2.23 bits per heavy atom. The molecule has 1 aliphatic rings. The van der Waals surface area contributed by atoms with E-state index in [0.717, 1.165) is 30.9 Å². The average molecular weight is 181 g/mol. The van der Waals surface area contributed by atoms with Gasteiger partial charge in [0.2, 0.25) is 0 Å². The van der Waals surface area contributed by atoms with E-state index in [2.05, 4.69) is 10.1 Å². The molecule has 1 aromatic heterocycles. The molecule has 2 atom stereocenters. The molecule has 1 N–H and O–H groups in total. The zero-order chi connectivity index (χ0) is 9.42. The Bertz CT molecular complexity index is 288. The fraction of sp³-hybridized carbons (Fsp3) is 0.778. The summed E-state index contributed by atoms with van der Waals surface area (Å²) < 4.78 is 1.76. The van der Waals surface area contributed by atoms with Gasteiger partial charge < -0.3 is 5.11 Å². The van der Waals surface area contributed by atoms with E-state index in [9.17, 15) is 5.11 Å². The highest BCUT2D eigenvalue weighted by molar-refractivity contribution is 5.03. The first kappa shape index (κ1) is 8.69. The number of hydrogen-bond acceptors (Lipinski definition) is 3. The van der Waals surface area contributed by atoms with Gasteiger partial charge in [-0.05, 0) is 19.8 Å². The summed E-state index contributed by atoms with van der Waals surface area (Å²) in [5.41, 5.74) is 0. The van der Waals surface area contributed by atoms with Crippen molar-refractivity contribution in [2.24, 2.45) is 7.05 Å². The second-order valence-electron chi connectivity index (χ2n) is 3.75. The van der Waals surface area contributed by atoms with Crippen molar-refractivity contribution in [3.05, 3.63) is 11.6 Å². The van der Waals surface area contributed by atoms with Crippen LogP contribution in [0.5, 0.6) is 0 Å². The third-order valence-electron chi connectivity index (χ3n) is 2.81. The predicted molar refractivity (Wildman–Crippen MR) is 48.3 cm³/mol. The Kier molecular flexibility index (Phi) is 2.07. The molecule has 0 unspecified atom stereocenters. The number of rotatable bonds is 1. The standard InChI is InChI=1S/C9H15N3O/c1-6-10-9(11-12(6)2)7-4-3-5-8(7)13/h7-8,13H,3-5H2,1-2H3/t7-,8-/m1/s1. The van der Waals surface area contributed by atoms with Crippen LogP contribution < -0.4 is 0 Å². The van der Waals surface area contributed by atoms with Gasteiger partial charge in [-0.3, -0.25) is 4.68 Å². The van der Waals surface area contributed by atoms with E-state index in [1.165, 1.54) is 0 Å². The molecule has 13 heavy (non-hydrogen) atoms. The van der Waals surface area contributed by atoms with E-state index in [4.69, 9.17) is 0 Å². The van der Waals surface area contributed by atoms with Crippen LogP contribution in [-0.4, -0.2) is 26.0 Å². The third-order valence-corrected chi connectivity index (χ3v) is 2.81. The normalized spacial score (nSPS) is 28.2. The molecule has 0 bridgehead atoms. The van der Waals surface area contributed by atoms with Crippen molar-refractivity contribution in [1.82, 2.24) is 14.8 Å². The maximum absolute atomic E-state index is 9.65. The number of aromatic nitrogens is 3. The lowest BCUT2D eigenvalue weighted by Gasteiger charge is -2.08. The molecule has 1 aromatic rings. The Labute approximate surface area is 77.6 Å². The van der Waals surface area contributed by atoms with Crippen molar-refractivity contribution >= 4 is 0 Å². The van der Waals surface area contributed by atoms with Gasteiger partial charge >= 0.3 is 0 Å². The summed E-state index contributed by atoms with van der Waals surface area (Å²) in [5.74, 6) is 1.89. The van der Waals surface area contributed by atoms with Gasteiger partial charge in [-0.15, -0.1) is 0 Å². The van der Waals surface area contributed by atoms with E-state index in [-0.39, 0.29) is 12.0 Å².